The molecular weight excluding hydrogens is 596 g/mol. The van der Waals surface area contributed by atoms with Crippen molar-refractivity contribution < 1.29 is 32.7 Å². The number of para-hydroxylation sites is 1. The van der Waals surface area contributed by atoms with E-state index in [1.165, 1.54) is 5.69 Å². The standard InChI is InChI=1S/C27H26Cl2N4O2.C2HF3O2/c28-23-6-5-20(15-24(23)29)27(35)32-17-21-3-1-2-4-25(21)33(26(34)18-32)16-19-9-13-31(14-10-19)22-7-11-30-12-8-22;3-2(4,5)1(6)7/h1-8,11-12,15,19H,9-10,13-14,16-18H2;(H,6,7). The predicted octanol–water partition coefficient (Wildman–Crippen LogP) is 5.93. The Labute approximate surface area is 250 Å². The molecule has 3 heterocycles. The molecule has 0 atom stereocenters. The lowest BCUT2D eigenvalue weighted by molar-refractivity contribution is -0.192. The Bertz CT molecular complexity index is 1430. The molecule has 42 heavy (non-hydrogen) atoms. The molecule has 2 aliphatic heterocycles. The molecule has 0 bridgehead atoms. The molecule has 1 fully saturated rings. The smallest absolute Gasteiger partial charge is 0.475 e. The molecule has 13 heteroatoms. The van der Waals surface area contributed by atoms with Gasteiger partial charge in [-0.15, -0.1) is 0 Å². The highest BCUT2D eigenvalue weighted by Crippen LogP contribution is 2.31. The van der Waals surface area contributed by atoms with Crippen molar-refractivity contribution in [2.45, 2.75) is 25.6 Å². The number of carbonyl (C=O) groups is 3. The molecule has 0 unspecified atom stereocenters. The summed E-state index contributed by atoms with van der Waals surface area (Å²) in [5, 5.41) is 7.83. The van der Waals surface area contributed by atoms with Crippen molar-refractivity contribution in [1.82, 2.24) is 9.88 Å². The Balaban J connectivity index is 0.000000517. The van der Waals surface area contributed by atoms with Gasteiger partial charge < -0.3 is 19.8 Å². The highest BCUT2D eigenvalue weighted by molar-refractivity contribution is 6.42. The summed E-state index contributed by atoms with van der Waals surface area (Å²) < 4.78 is 31.7. The van der Waals surface area contributed by atoms with Gasteiger partial charge >= 0.3 is 12.1 Å². The maximum atomic E-state index is 13.5. The van der Waals surface area contributed by atoms with E-state index in [4.69, 9.17) is 33.1 Å². The minimum atomic E-state index is -5.08. The van der Waals surface area contributed by atoms with Gasteiger partial charge in [0.25, 0.3) is 5.91 Å². The van der Waals surface area contributed by atoms with Crippen molar-refractivity contribution in [1.29, 1.82) is 0 Å². The number of nitrogens with zero attached hydrogens (tertiary/aromatic N) is 4. The summed E-state index contributed by atoms with van der Waals surface area (Å²) >= 11 is 12.2. The molecule has 8 nitrogen and oxygen atoms in total. The van der Waals surface area contributed by atoms with Crippen molar-refractivity contribution in [3.05, 3.63) is 88.2 Å². The van der Waals surface area contributed by atoms with Crippen LogP contribution in [0.5, 0.6) is 0 Å². The number of fused-ring (bicyclic) bond motifs is 1. The lowest BCUT2D eigenvalue weighted by Gasteiger charge is -2.36. The number of hydrogen-bond acceptors (Lipinski definition) is 5. The van der Waals surface area contributed by atoms with Gasteiger partial charge in [0, 0.05) is 55.5 Å². The van der Waals surface area contributed by atoms with Gasteiger partial charge in [-0.2, -0.15) is 13.2 Å². The number of aliphatic carboxylic acids is 1. The topological polar surface area (TPSA) is 94.0 Å². The summed E-state index contributed by atoms with van der Waals surface area (Å²) in [6.45, 7) is 2.91. The third-order valence-corrected chi connectivity index (χ3v) is 7.79. The van der Waals surface area contributed by atoms with Crippen LogP contribution < -0.4 is 9.80 Å². The molecule has 1 saturated heterocycles. The second-order valence-electron chi connectivity index (χ2n) is 9.86. The first kappa shape index (κ1) is 31.1. The van der Waals surface area contributed by atoms with E-state index < -0.39 is 12.1 Å². The van der Waals surface area contributed by atoms with Gasteiger partial charge in [0.1, 0.15) is 6.54 Å². The molecular formula is C29H27Cl2F3N4O4. The second kappa shape index (κ2) is 13.4. The number of piperidine rings is 1. The van der Waals surface area contributed by atoms with Gasteiger partial charge in [-0.3, -0.25) is 14.6 Å². The molecule has 2 aromatic carbocycles. The first-order valence-electron chi connectivity index (χ1n) is 13.0. The fourth-order valence-corrected chi connectivity index (χ4v) is 5.19. The number of hydrogen-bond donors (Lipinski definition) is 1. The van der Waals surface area contributed by atoms with Crippen molar-refractivity contribution >= 4 is 52.4 Å². The number of benzene rings is 2. The summed E-state index contributed by atoms with van der Waals surface area (Å²) in [4.78, 5) is 45.6. The molecule has 0 radical (unpaired) electrons. The van der Waals surface area contributed by atoms with Crippen LogP contribution in [0.3, 0.4) is 0 Å². The lowest BCUT2D eigenvalue weighted by Crippen LogP contribution is -2.44. The van der Waals surface area contributed by atoms with Crippen molar-refractivity contribution in [3.8, 4) is 0 Å². The number of carboxylic acids is 1. The highest BCUT2D eigenvalue weighted by atomic mass is 35.5. The van der Waals surface area contributed by atoms with Gasteiger partial charge in [0.2, 0.25) is 5.91 Å². The predicted molar refractivity (Wildman–Crippen MR) is 153 cm³/mol. The maximum Gasteiger partial charge on any atom is 0.490 e. The molecule has 2 amide bonds. The van der Waals surface area contributed by atoms with Gasteiger partial charge in [0.15, 0.2) is 0 Å². The average Bonchev–Trinajstić information content (AvgIpc) is 3.11. The maximum absolute atomic E-state index is 13.5. The second-order valence-corrected chi connectivity index (χ2v) is 10.7. The quantitative estimate of drug-likeness (QED) is 0.388. The van der Waals surface area contributed by atoms with E-state index in [9.17, 15) is 22.8 Å². The van der Waals surface area contributed by atoms with Crippen LogP contribution in [0.15, 0.2) is 67.0 Å². The summed E-state index contributed by atoms with van der Waals surface area (Å²) in [6.07, 6.45) is 0.555. The number of alkyl halides is 3. The number of aromatic nitrogens is 1. The molecule has 1 aromatic heterocycles. The minimum absolute atomic E-state index is 0.0175. The highest BCUT2D eigenvalue weighted by Gasteiger charge is 2.38. The third-order valence-electron chi connectivity index (χ3n) is 7.05. The largest absolute Gasteiger partial charge is 0.490 e. The fourth-order valence-electron chi connectivity index (χ4n) is 4.89. The van der Waals surface area contributed by atoms with E-state index in [1.807, 2.05) is 53.7 Å². The van der Waals surface area contributed by atoms with Crippen LogP contribution in [0.25, 0.3) is 0 Å². The molecule has 5 rings (SSSR count). The summed E-state index contributed by atoms with van der Waals surface area (Å²) in [5.74, 6) is -2.67. The normalized spacial score (nSPS) is 15.8. The number of amides is 2. The van der Waals surface area contributed by atoms with Crippen molar-refractivity contribution in [2.75, 3.05) is 36.0 Å². The minimum Gasteiger partial charge on any atom is -0.475 e. The van der Waals surface area contributed by atoms with E-state index in [0.29, 0.717) is 34.6 Å². The fraction of sp³-hybridized carbons (Fsp3) is 0.310. The number of rotatable bonds is 4. The van der Waals surface area contributed by atoms with Crippen LogP contribution in [0.2, 0.25) is 10.0 Å². The summed E-state index contributed by atoms with van der Waals surface area (Å²) in [5.41, 5.74) is 3.45. The van der Waals surface area contributed by atoms with E-state index in [2.05, 4.69) is 9.88 Å². The molecule has 0 saturated carbocycles. The first-order chi connectivity index (χ1) is 19.9. The molecule has 0 aliphatic carbocycles. The first-order valence-corrected chi connectivity index (χ1v) is 13.8. The Hall–Kier alpha value is -3.83. The monoisotopic (exact) mass is 622 g/mol. The van der Waals surface area contributed by atoms with Gasteiger partial charge in [-0.1, -0.05) is 41.4 Å². The number of carboxylic acid groups (broad SMARTS) is 1. The van der Waals surface area contributed by atoms with E-state index >= 15 is 0 Å². The Kier molecular flexibility index (Phi) is 9.95. The zero-order chi connectivity index (χ0) is 30.4. The summed E-state index contributed by atoms with van der Waals surface area (Å²) in [7, 11) is 0. The van der Waals surface area contributed by atoms with E-state index in [1.54, 1.807) is 23.1 Å². The average molecular weight is 623 g/mol. The SMILES string of the molecule is O=C(O)C(F)(F)F.O=C(c1ccc(Cl)c(Cl)c1)N1CC(=O)N(CC2CCN(c3ccncc3)CC2)c2ccccc2C1. The van der Waals surface area contributed by atoms with Crippen LogP contribution in [-0.4, -0.2) is 65.1 Å². The van der Waals surface area contributed by atoms with Crippen LogP contribution >= 0.6 is 23.2 Å². The van der Waals surface area contributed by atoms with Crippen LogP contribution in [0, 0.1) is 5.92 Å². The zero-order valence-corrected chi connectivity index (χ0v) is 23.7. The molecule has 1 N–H and O–H groups in total. The van der Waals surface area contributed by atoms with Crippen LogP contribution in [0.4, 0.5) is 24.5 Å². The molecule has 2 aliphatic rings. The number of halogens is 5. The van der Waals surface area contributed by atoms with Gasteiger partial charge in [0.05, 0.1) is 10.0 Å². The lowest BCUT2D eigenvalue weighted by atomic mass is 9.95. The Morgan fingerprint density at radius 1 is 0.952 bits per heavy atom. The van der Waals surface area contributed by atoms with Crippen LogP contribution in [0.1, 0.15) is 28.8 Å². The van der Waals surface area contributed by atoms with Gasteiger partial charge in [-0.25, -0.2) is 4.79 Å². The Morgan fingerprint density at radius 3 is 2.21 bits per heavy atom. The van der Waals surface area contributed by atoms with Gasteiger partial charge in [-0.05, 0) is 60.7 Å². The van der Waals surface area contributed by atoms with E-state index in [-0.39, 0.29) is 18.4 Å². The van der Waals surface area contributed by atoms with E-state index in [0.717, 1.165) is 37.2 Å². The Morgan fingerprint density at radius 2 is 1.60 bits per heavy atom. The molecule has 3 aromatic rings. The number of carbonyl (C=O) groups excluding carboxylic acids is 2. The zero-order valence-electron chi connectivity index (χ0n) is 22.2. The van der Waals surface area contributed by atoms with Crippen LogP contribution in [-0.2, 0) is 16.1 Å². The third kappa shape index (κ3) is 7.71. The number of anilines is 2. The van der Waals surface area contributed by atoms with Crippen molar-refractivity contribution in [3.63, 3.8) is 0 Å². The van der Waals surface area contributed by atoms with Crippen molar-refractivity contribution in [2.24, 2.45) is 5.92 Å². The number of pyridine rings is 1. The molecule has 0 spiro atoms. The molecule has 222 valence electrons. The summed E-state index contributed by atoms with van der Waals surface area (Å²) in [6, 6.07) is 16.7.